The Kier molecular flexibility index (Phi) is 4.66. The van der Waals surface area contributed by atoms with E-state index in [0.29, 0.717) is 0 Å². The lowest BCUT2D eigenvalue weighted by atomic mass is 9.94. The maximum Gasteiger partial charge on any atom is 0.157 e. The number of nitrogens with zero attached hydrogens (tertiary/aromatic N) is 5. The zero-order valence-corrected chi connectivity index (χ0v) is 18.3. The second-order valence-electron chi connectivity index (χ2n) is 7.95. The minimum atomic E-state index is 0.838. The van der Waals surface area contributed by atoms with Gasteiger partial charge < -0.3 is 4.57 Å². The van der Waals surface area contributed by atoms with Crippen LogP contribution in [0.1, 0.15) is 18.1 Å². The Balaban J connectivity index is 1.72. The van der Waals surface area contributed by atoms with Crippen LogP contribution < -0.4 is 0 Å². The van der Waals surface area contributed by atoms with Crippen molar-refractivity contribution in [3.63, 3.8) is 0 Å². The molecule has 0 saturated heterocycles. The van der Waals surface area contributed by atoms with Gasteiger partial charge in [0.15, 0.2) is 5.82 Å². The third-order valence-electron chi connectivity index (χ3n) is 5.87. The Morgan fingerprint density at radius 2 is 1.65 bits per heavy atom. The Bertz CT molecular complexity index is 1410. The smallest absolute Gasteiger partial charge is 0.157 e. The predicted octanol–water partition coefficient (Wildman–Crippen LogP) is 5.80. The van der Waals surface area contributed by atoms with Gasteiger partial charge in [-0.2, -0.15) is 5.10 Å². The first-order valence-corrected chi connectivity index (χ1v) is 10.6. The van der Waals surface area contributed by atoms with Crippen molar-refractivity contribution < 1.29 is 0 Å². The van der Waals surface area contributed by atoms with Crippen LogP contribution in [0.15, 0.2) is 67.0 Å². The highest BCUT2D eigenvalue weighted by Gasteiger charge is 2.17. The molecule has 5 aromatic rings. The predicted molar refractivity (Wildman–Crippen MR) is 126 cm³/mol. The van der Waals surface area contributed by atoms with E-state index in [2.05, 4.69) is 96.1 Å². The molecule has 5 heteroatoms. The number of fused-ring (bicyclic) bond motifs is 1. The van der Waals surface area contributed by atoms with E-state index >= 15 is 0 Å². The summed E-state index contributed by atoms with van der Waals surface area (Å²) in [6, 6.07) is 21.5. The molecule has 0 spiro atoms. The number of imidazole rings is 1. The van der Waals surface area contributed by atoms with Crippen LogP contribution in [0.25, 0.3) is 44.9 Å². The molecule has 31 heavy (non-hydrogen) atoms. The van der Waals surface area contributed by atoms with Crippen molar-refractivity contribution in [2.24, 2.45) is 7.05 Å². The minimum Gasteiger partial charge on any atom is -0.324 e. The molecule has 0 atom stereocenters. The molecule has 0 aliphatic heterocycles. The molecule has 0 aliphatic rings. The zero-order chi connectivity index (χ0) is 21.5. The van der Waals surface area contributed by atoms with Gasteiger partial charge >= 0.3 is 0 Å². The molecule has 154 valence electrons. The molecule has 5 nitrogen and oxygen atoms in total. The summed E-state index contributed by atoms with van der Waals surface area (Å²) in [5.41, 5.74) is 9.25. The summed E-state index contributed by atoms with van der Waals surface area (Å²) in [7, 11) is 1.91. The first-order chi connectivity index (χ1) is 15.1. The maximum absolute atomic E-state index is 5.09. The summed E-state index contributed by atoms with van der Waals surface area (Å²) in [5.74, 6) is 1.83. The molecule has 3 aromatic carbocycles. The van der Waals surface area contributed by atoms with Crippen LogP contribution in [0.4, 0.5) is 0 Å². The van der Waals surface area contributed by atoms with Crippen LogP contribution in [0, 0.1) is 13.8 Å². The van der Waals surface area contributed by atoms with Gasteiger partial charge in [0, 0.05) is 24.7 Å². The van der Waals surface area contributed by atoms with Crippen LogP contribution >= 0.6 is 0 Å². The van der Waals surface area contributed by atoms with Crippen molar-refractivity contribution >= 4 is 11.0 Å². The molecule has 0 aliphatic carbocycles. The van der Waals surface area contributed by atoms with Gasteiger partial charge in [-0.15, -0.1) is 0 Å². The van der Waals surface area contributed by atoms with Crippen molar-refractivity contribution in [1.29, 1.82) is 0 Å². The maximum atomic E-state index is 5.09. The fourth-order valence-electron chi connectivity index (χ4n) is 4.38. The molecule has 0 saturated carbocycles. The Hall–Kier alpha value is -3.73. The van der Waals surface area contributed by atoms with Crippen LogP contribution in [-0.4, -0.2) is 24.3 Å². The minimum absolute atomic E-state index is 0.838. The first-order valence-electron chi connectivity index (χ1n) is 10.6. The van der Waals surface area contributed by atoms with E-state index in [9.17, 15) is 0 Å². The third kappa shape index (κ3) is 3.22. The molecule has 2 heterocycles. The molecule has 5 rings (SSSR count). The van der Waals surface area contributed by atoms with Gasteiger partial charge in [0.1, 0.15) is 12.2 Å². The van der Waals surface area contributed by atoms with Crippen molar-refractivity contribution in [3.8, 4) is 33.9 Å². The number of aromatic nitrogens is 5. The summed E-state index contributed by atoms with van der Waals surface area (Å²) in [6.07, 6.45) is 1.58. The average molecular weight is 408 g/mol. The molecule has 0 fully saturated rings. The molecule has 0 amide bonds. The topological polar surface area (TPSA) is 48.5 Å². The summed E-state index contributed by atoms with van der Waals surface area (Å²) < 4.78 is 4.08. The summed E-state index contributed by atoms with van der Waals surface area (Å²) in [6.45, 7) is 7.32. The molecule has 0 unspecified atom stereocenters. The molecule has 0 N–H and O–H groups in total. The monoisotopic (exact) mass is 407 g/mol. The van der Waals surface area contributed by atoms with Gasteiger partial charge in [-0.05, 0) is 55.7 Å². The lowest BCUT2D eigenvalue weighted by molar-refractivity contribution is 0.774. The fourth-order valence-corrected chi connectivity index (χ4v) is 4.38. The summed E-state index contributed by atoms with van der Waals surface area (Å²) >= 11 is 0. The van der Waals surface area contributed by atoms with E-state index in [1.54, 1.807) is 11.0 Å². The van der Waals surface area contributed by atoms with Crippen molar-refractivity contribution in [1.82, 2.24) is 24.3 Å². The van der Waals surface area contributed by atoms with Crippen LogP contribution in [-0.2, 0) is 13.6 Å². The largest absolute Gasteiger partial charge is 0.324 e. The van der Waals surface area contributed by atoms with E-state index < -0.39 is 0 Å². The number of aryl methyl sites for hydroxylation is 4. The summed E-state index contributed by atoms with van der Waals surface area (Å²) in [5, 5.41) is 4.20. The second kappa shape index (κ2) is 7.51. The standard InChI is InChI=1S/C26H25N5/c1-5-31-24-13-11-19(25-27-16-28-30(25)4)15-23(24)29-26(31)22-9-7-6-8-21(22)20-12-10-17(2)14-18(20)3/h6-16H,5H2,1-4H3. The van der Waals surface area contributed by atoms with E-state index in [1.807, 2.05) is 7.05 Å². The van der Waals surface area contributed by atoms with Gasteiger partial charge in [0.05, 0.1) is 11.0 Å². The van der Waals surface area contributed by atoms with Crippen LogP contribution in [0.5, 0.6) is 0 Å². The van der Waals surface area contributed by atoms with E-state index in [-0.39, 0.29) is 0 Å². The third-order valence-corrected chi connectivity index (χ3v) is 5.87. The normalized spacial score (nSPS) is 11.4. The van der Waals surface area contributed by atoms with Gasteiger partial charge in [-0.25, -0.2) is 14.6 Å². The molecular weight excluding hydrogens is 382 g/mol. The van der Waals surface area contributed by atoms with Gasteiger partial charge in [-0.3, -0.25) is 0 Å². The molecule has 0 radical (unpaired) electrons. The number of rotatable bonds is 4. The van der Waals surface area contributed by atoms with Gasteiger partial charge in [0.2, 0.25) is 0 Å². The quantitative estimate of drug-likeness (QED) is 0.378. The highest BCUT2D eigenvalue weighted by atomic mass is 15.3. The van der Waals surface area contributed by atoms with Crippen molar-refractivity contribution in [3.05, 3.63) is 78.1 Å². The van der Waals surface area contributed by atoms with E-state index in [1.165, 1.54) is 22.3 Å². The van der Waals surface area contributed by atoms with Crippen molar-refractivity contribution in [2.45, 2.75) is 27.3 Å². The van der Waals surface area contributed by atoms with Crippen LogP contribution in [0.3, 0.4) is 0 Å². The Morgan fingerprint density at radius 3 is 2.35 bits per heavy atom. The van der Waals surface area contributed by atoms with Crippen molar-refractivity contribution in [2.75, 3.05) is 0 Å². The lowest BCUT2D eigenvalue weighted by Crippen LogP contribution is -1.99. The highest BCUT2D eigenvalue weighted by molar-refractivity contribution is 5.89. The second-order valence-corrected chi connectivity index (χ2v) is 7.95. The van der Waals surface area contributed by atoms with E-state index in [4.69, 9.17) is 4.98 Å². The first kappa shape index (κ1) is 19.2. The number of hydrogen-bond acceptors (Lipinski definition) is 3. The van der Waals surface area contributed by atoms with Crippen LogP contribution in [0.2, 0.25) is 0 Å². The number of hydrogen-bond donors (Lipinski definition) is 0. The van der Waals surface area contributed by atoms with Gasteiger partial charge in [0.25, 0.3) is 0 Å². The lowest BCUT2D eigenvalue weighted by Gasteiger charge is -2.14. The average Bonchev–Trinajstić information content (AvgIpc) is 3.36. The molecule has 2 aromatic heterocycles. The van der Waals surface area contributed by atoms with E-state index in [0.717, 1.165) is 40.4 Å². The Labute approximate surface area is 182 Å². The fraction of sp³-hybridized carbons (Fsp3) is 0.192. The van der Waals surface area contributed by atoms with Gasteiger partial charge in [-0.1, -0.05) is 48.0 Å². The molecule has 0 bridgehead atoms. The number of benzene rings is 3. The highest BCUT2D eigenvalue weighted by Crippen LogP contribution is 2.36. The Morgan fingerprint density at radius 1 is 0.839 bits per heavy atom. The zero-order valence-electron chi connectivity index (χ0n) is 18.3. The summed E-state index contributed by atoms with van der Waals surface area (Å²) in [4.78, 5) is 9.48. The SMILES string of the molecule is CCn1c(-c2ccccc2-c2ccc(C)cc2C)nc2cc(-c3ncnn3C)ccc21. The molecular formula is C26H25N5.